The van der Waals surface area contributed by atoms with Gasteiger partial charge in [-0.2, -0.15) is 0 Å². The molecule has 2 aliphatic rings. The van der Waals surface area contributed by atoms with E-state index in [0.29, 0.717) is 18.0 Å². The molecule has 40 heavy (non-hydrogen) atoms. The van der Waals surface area contributed by atoms with Gasteiger partial charge in [-0.3, -0.25) is 14.5 Å². The molecule has 8 heteroatoms. The molecule has 0 bridgehead atoms. The SMILES string of the molecule is O=C(Cc1c[nH]c2ccccc12)N1CCC(c2nc(C(=O)N3CCN(CC=Cc4ccccc4)CC3)cs2)CC1. The number of amides is 2. The number of hydrogen-bond donors (Lipinski definition) is 1. The molecule has 0 radical (unpaired) electrons. The highest BCUT2D eigenvalue weighted by Crippen LogP contribution is 2.31. The number of rotatable bonds is 7. The fourth-order valence-electron chi connectivity index (χ4n) is 5.70. The molecule has 0 aliphatic carbocycles. The Labute approximate surface area is 239 Å². The van der Waals surface area contributed by atoms with Crippen molar-refractivity contribution in [2.45, 2.75) is 25.2 Å². The van der Waals surface area contributed by atoms with Gasteiger partial charge in [-0.05, 0) is 30.0 Å². The number of benzene rings is 2. The molecule has 0 unspecified atom stereocenters. The molecular formula is C32H35N5O2S. The summed E-state index contributed by atoms with van der Waals surface area (Å²) in [6.45, 7) is 5.54. The number of H-pyrrole nitrogens is 1. The topological polar surface area (TPSA) is 72.5 Å². The zero-order chi connectivity index (χ0) is 27.3. The number of carbonyl (C=O) groups excluding carboxylic acids is 2. The van der Waals surface area contributed by atoms with Gasteiger partial charge in [-0.1, -0.05) is 60.7 Å². The Morgan fingerprint density at radius 3 is 2.48 bits per heavy atom. The molecule has 4 heterocycles. The summed E-state index contributed by atoms with van der Waals surface area (Å²) in [7, 11) is 0. The number of fused-ring (bicyclic) bond motifs is 1. The second-order valence-electron chi connectivity index (χ2n) is 10.7. The second-order valence-corrected chi connectivity index (χ2v) is 11.6. The van der Waals surface area contributed by atoms with Crippen LogP contribution in [0.3, 0.4) is 0 Å². The molecular weight excluding hydrogens is 518 g/mol. The highest BCUT2D eigenvalue weighted by Gasteiger charge is 2.28. The first kappa shape index (κ1) is 26.5. The van der Waals surface area contributed by atoms with Gasteiger partial charge in [-0.15, -0.1) is 11.3 Å². The van der Waals surface area contributed by atoms with Crippen molar-refractivity contribution in [2.24, 2.45) is 0 Å². The van der Waals surface area contributed by atoms with Crippen LogP contribution in [0.4, 0.5) is 0 Å². The van der Waals surface area contributed by atoms with Crippen LogP contribution in [0.5, 0.6) is 0 Å². The first-order valence-corrected chi connectivity index (χ1v) is 15.0. The third-order valence-corrected chi connectivity index (χ3v) is 9.09. The van der Waals surface area contributed by atoms with Crippen LogP contribution in [0.25, 0.3) is 17.0 Å². The number of likely N-dealkylation sites (tertiary alicyclic amines) is 1. The standard InChI is InChI=1S/C32H35N5O2S/c38-30(21-26-22-33-28-11-5-4-10-27(26)28)36-15-12-25(13-16-36)31-34-29(23-40-31)32(39)37-19-17-35(18-20-37)14-6-9-24-7-2-1-3-8-24/h1-11,22-23,25,33H,12-21H2. The minimum absolute atomic E-state index is 0.0355. The van der Waals surface area contributed by atoms with Gasteiger partial charge in [0.25, 0.3) is 5.91 Å². The van der Waals surface area contributed by atoms with Gasteiger partial charge in [-0.25, -0.2) is 4.98 Å². The minimum Gasteiger partial charge on any atom is -0.361 e. The lowest BCUT2D eigenvalue weighted by molar-refractivity contribution is -0.131. The second kappa shape index (κ2) is 12.2. The number of aromatic nitrogens is 2. The maximum absolute atomic E-state index is 13.2. The minimum atomic E-state index is 0.0355. The van der Waals surface area contributed by atoms with E-state index in [-0.39, 0.29) is 11.8 Å². The summed E-state index contributed by atoms with van der Waals surface area (Å²) in [5, 5.41) is 4.06. The van der Waals surface area contributed by atoms with Crippen molar-refractivity contribution in [3.63, 3.8) is 0 Å². The molecule has 0 atom stereocenters. The number of carbonyl (C=O) groups is 2. The first-order chi connectivity index (χ1) is 19.6. The Morgan fingerprint density at radius 1 is 0.925 bits per heavy atom. The number of piperidine rings is 1. The summed E-state index contributed by atoms with van der Waals surface area (Å²) in [4.78, 5) is 40.5. The molecule has 2 aromatic heterocycles. The third kappa shape index (κ3) is 6.03. The highest BCUT2D eigenvalue weighted by atomic mass is 32.1. The van der Waals surface area contributed by atoms with Crippen LogP contribution >= 0.6 is 11.3 Å². The first-order valence-electron chi connectivity index (χ1n) is 14.2. The van der Waals surface area contributed by atoms with Crippen LogP contribution in [-0.2, 0) is 11.2 Å². The van der Waals surface area contributed by atoms with E-state index >= 15 is 0 Å². The predicted molar refractivity (Wildman–Crippen MR) is 160 cm³/mol. The number of thiazole rings is 1. The van der Waals surface area contributed by atoms with Crippen LogP contribution < -0.4 is 0 Å². The van der Waals surface area contributed by atoms with Crippen LogP contribution in [-0.4, -0.2) is 82.3 Å². The molecule has 2 fully saturated rings. The van der Waals surface area contributed by atoms with Gasteiger partial charge in [0.1, 0.15) is 5.69 Å². The van der Waals surface area contributed by atoms with Crippen LogP contribution in [0.2, 0.25) is 0 Å². The lowest BCUT2D eigenvalue weighted by Gasteiger charge is -2.33. The summed E-state index contributed by atoms with van der Waals surface area (Å²) in [5.41, 5.74) is 3.89. The Bertz CT molecular complexity index is 1480. The molecule has 0 spiro atoms. The molecule has 6 rings (SSSR count). The smallest absolute Gasteiger partial charge is 0.273 e. The third-order valence-electron chi connectivity index (χ3n) is 8.09. The van der Waals surface area contributed by atoms with Gasteiger partial charge < -0.3 is 14.8 Å². The van der Waals surface area contributed by atoms with E-state index in [1.165, 1.54) is 5.56 Å². The monoisotopic (exact) mass is 553 g/mol. The molecule has 206 valence electrons. The quantitative estimate of drug-likeness (QED) is 0.348. The van der Waals surface area contributed by atoms with E-state index in [0.717, 1.165) is 80.1 Å². The van der Waals surface area contributed by atoms with Gasteiger partial charge in [0.05, 0.1) is 11.4 Å². The molecule has 2 aromatic carbocycles. The van der Waals surface area contributed by atoms with Crippen molar-refractivity contribution in [2.75, 3.05) is 45.8 Å². The lowest BCUT2D eigenvalue weighted by Crippen LogP contribution is -2.48. The summed E-state index contributed by atoms with van der Waals surface area (Å²) in [6, 6.07) is 18.4. The number of nitrogens with zero attached hydrogens (tertiary/aromatic N) is 4. The average Bonchev–Trinajstić information content (AvgIpc) is 3.66. The predicted octanol–water partition coefficient (Wildman–Crippen LogP) is 5.04. The zero-order valence-corrected chi connectivity index (χ0v) is 23.5. The normalized spacial score (nSPS) is 17.2. The maximum atomic E-state index is 13.2. The number of piperazine rings is 1. The van der Waals surface area contributed by atoms with E-state index < -0.39 is 0 Å². The number of para-hydroxylation sites is 1. The van der Waals surface area contributed by atoms with Crippen molar-refractivity contribution in [3.8, 4) is 0 Å². The van der Waals surface area contributed by atoms with E-state index in [4.69, 9.17) is 4.98 Å². The van der Waals surface area contributed by atoms with Crippen molar-refractivity contribution >= 4 is 40.1 Å². The van der Waals surface area contributed by atoms with Gasteiger partial charge >= 0.3 is 0 Å². The van der Waals surface area contributed by atoms with E-state index in [2.05, 4.69) is 40.2 Å². The van der Waals surface area contributed by atoms with E-state index in [1.54, 1.807) is 11.3 Å². The van der Waals surface area contributed by atoms with Crippen LogP contribution in [0.1, 0.15) is 45.4 Å². The molecule has 2 saturated heterocycles. The molecule has 4 aromatic rings. The lowest BCUT2D eigenvalue weighted by atomic mass is 9.97. The van der Waals surface area contributed by atoms with E-state index in [9.17, 15) is 9.59 Å². The molecule has 2 aliphatic heterocycles. The molecule has 0 saturated carbocycles. The van der Waals surface area contributed by atoms with Gasteiger partial charge in [0.15, 0.2) is 0 Å². The van der Waals surface area contributed by atoms with Crippen molar-refractivity contribution < 1.29 is 9.59 Å². The summed E-state index contributed by atoms with van der Waals surface area (Å²) >= 11 is 1.59. The molecule has 2 amide bonds. The molecule has 7 nitrogen and oxygen atoms in total. The van der Waals surface area contributed by atoms with Crippen molar-refractivity contribution in [3.05, 3.63) is 94.1 Å². The fraction of sp³-hybridized carbons (Fsp3) is 0.344. The van der Waals surface area contributed by atoms with Gasteiger partial charge in [0, 0.05) is 74.2 Å². The maximum Gasteiger partial charge on any atom is 0.273 e. The Hall–Kier alpha value is -3.75. The summed E-state index contributed by atoms with van der Waals surface area (Å²) in [6.07, 6.45) is 8.48. The van der Waals surface area contributed by atoms with E-state index in [1.807, 2.05) is 57.8 Å². The van der Waals surface area contributed by atoms with Crippen LogP contribution in [0.15, 0.2) is 72.3 Å². The summed E-state index contributed by atoms with van der Waals surface area (Å²) < 4.78 is 0. The Morgan fingerprint density at radius 2 is 1.68 bits per heavy atom. The molecule has 1 N–H and O–H groups in total. The van der Waals surface area contributed by atoms with Gasteiger partial charge in [0.2, 0.25) is 5.91 Å². The average molecular weight is 554 g/mol. The zero-order valence-electron chi connectivity index (χ0n) is 22.7. The fourth-order valence-corrected chi connectivity index (χ4v) is 6.66. The Balaban J connectivity index is 0.964. The number of aromatic amines is 1. The Kier molecular flexibility index (Phi) is 8.07. The number of nitrogens with one attached hydrogen (secondary N) is 1. The van der Waals surface area contributed by atoms with Crippen molar-refractivity contribution in [1.29, 1.82) is 0 Å². The van der Waals surface area contributed by atoms with Crippen LogP contribution in [0, 0.1) is 0 Å². The highest BCUT2D eigenvalue weighted by molar-refractivity contribution is 7.09. The largest absolute Gasteiger partial charge is 0.361 e. The van der Waals surface area contributed by atoms with Crippen molar-refractivity contribution in [1.82, 2.24) is 24.7 Å². The summed E-state index contributed by atoms with van der Waals surface area (Å²) in [5.74, 6) is 0.512. The number of hydrogen-bond acceptors (Lipinski definition) is 5.